The van der Waals surface area contributed by atoms with Gasteiger partial charge in [0, 0.05) is 19.3 Å². The van der Waals surface area contributed by atoms with Gasteiger partial charge in [0.1, 0.15) is 13.2 Å². The van der Waals surface area contributed by atoms with Gasteiger partial charge in [0.05, 0.1) is 0 Å². The lowest BCUT2D eigenvalue weighted by molar-refractivity contribution is -0.167. The molecule has 0 aromatic carbocycles. The third-order valence-corrected chi connectivity index (χ3v) is 10.3. The summed E-state index contributed by atoms with van der Waals surface area (Å²) in [7, 11) is 0. The Bertz CT molecular complexity index is 781. The van der Waals surface area contributed by atoms with Crippen LogP contribution in [-0.2, 0) is 28.6 Å². The molecule has 0 aromatic heterocycles. The average Bonchev–Trinajstić information content (AvgIpc) is 3.12. The molecule has 308 valence electrons. The molecule has 0 spiro atoms. The highest BCUT2D eigenvalue weighted by Gasteiger charge is 2.19. The summed E-state index contributed by atoms with van der Waals surface area (Å²) in [5, 5.41) is 0. The number of carbonyl (C=O) groups is 3. The highest BCUT2D eigenvalue weighted by atomic mass is 16.6. The van der Waals surface area contributed by atoms with Crippen LogP contribution < -0.4 is 0 Å². The van der Waals surface area contributed by atoms with E-state index in [9.17, 15) is 14.4 Å². The van der Waals surface area contributed by atoms with Gasteiger partial charge in [0.2, 0.25) is 0 Å². The Morgan fingerprint density at radius 1 is 0.365 bits per heavy atom. The maximum atomic E-state index is 12.7. The first kappa shape index (κ1) is 50.4. The average molecular weight is 737 g/mol. The quantitative estimate of drug-likeness (QED) is 0.0353. The molecule has 0 saturated carbocycles. The predicted octanol–water partition coefficient (Wildman–Crippen LogP) is 14.3. The molecule has 0 heterocycles. The van der Waals surface area contributed by atoms with Crippen LogP contribution in [0.2, 0.25) is 0 Å². The minimum atomic E-state index is -0.759. The van der Waals surface area contributed by atoms with Crippen molar-refractivity contribution in [2.75, 3.05) is 13.2 Å². The zero-order chi connectivity index (χ0) is 38.2. The number of unbranched alkanes of at least 4 members (excludes halogenated alkanes) is 28. The maximum Gasteiger partial charge on any atom is 0.306 e. The van der Waals surface area contributed by atoms with Crippen molar-refractivity contribution in [3.8, 4) is 0 Å². The molecule has 0 aliphatic heterocycles. The first-order valence-electron chi connectivity index (χ1n) is 22.9. The van der Waals surface area contributed by atoms with Gasteiger partial charge in [-0.3, -0.25) is 14.4 Å². The van der Waals surface area contributed by atoms with E-state index in [0.717, 1.165) is 63.7 Å². The molecule has 0 rings (SSSR count). The van der Waals surface area contributed by atoms with Crippen LogP contribution >= 0.6 is 0 Å². The highest BCUT2D eigenvalue weighted by molar-refractivity contribution is 5.71. The molecular weight excluding hydrogens is 648 g/mol. The summed E-state index contributed by atoms with van der Waals surface area (Å²) in [5.41, 5.74) is 0. The Morgan fingerprint density at radius 3 is 0.942 bits per heavy atom. The van der Waals surface area contributed by atoms with E-state index in [2.05, 4.69) is 27.7 Å². The summed E-state index contributed by atoms with van der Waals surface area (Å²) in [6.45, 7) is 8.92. The monoisotopic (exact) mass is 737 g/mol. The van der Waals surface area contributed by atoms with Gasteiger partial charge >= 0.3 is 17.9 Å². The number of carbonyl (C=O) groups excluding carboxylic acids is 3. The molecule has 0 N–H and O–H groups in total. The number of rotatable bonds is 41. The lowest BCUT2D eigenvalue weighted by Crippen LogP contribution is -2.30. The Kier molecular flexibility index (Phi) is 39.4. The van der Waals surface area contributed by atoms with Crippen LogP contribution in [0.4, 0.5) is 0 Å². The molecule has 0 fully saturated rings. The molecule has 0 amide bonds. The molecule has 0 saturated heterocycles. The van der Waals surface area contributed by atoms with Crippen molar-refractivity contribution in [2.45, 2.75) is 259 Å². The summed E-state index contributed by atoms with van der Waals surface area (Å²) in [6, 6.07) is 0. The third-order valence-electron chi connectivity index (χ3n) is 10.3. The van der Waals surface area contributed by atoms with Crippen molar-refractivity contribution >= 4 is 17.9 Å². The van der Waals surface area contributed by atoms with E-state index in [-0.39, 0.29) is 31.1 Å². The van der Waals surface area contributed by atoms with Crippen molar-refractivity contribution in [2.24, 2.45) is 5.92 Å². The van der Waals surface area contributed by atoms with Gasteiger partial charge in [-0.15, -0.1) is 0 Å². The predicted molar refractivity (Wildman–Crippen MR) is 220 cm³/mol. The molecule has 0 unspecified atom stereocenters. The molecule has 6 nitrogen and oxygen atoms in total. The Hall–Kier alpha value is -1.59. The second kappa shape index (κ2) is 40.6. The third kappa shape index (κ3) is 39.6. The molecular formula is C46H88O6. The molecule has 0 bridgehead atoms. The summed E-state index contributed by atoms with van der Waals surface area (Å²) < 4.78 is 16.7. The largest absolute Gasteiger partial charge is 0.462 e. The van der Waals surface area contributed by atoms with E-state index in [1.165, 1.54) is 148 Å². The molecule has 0 aromatic rings. The number of hydrogen-bond acceptors (Lipinski definition) is 6. The topological polar surface area (TPSA) is 78.9 Å². The van der Waals surface area contributed by atoms with Gasteiger partial charge < -0.3 is 14.2 Å². The van der Waals surface area contributed by atoms with Gasteiger partial charge in [-0.2, -0.15) is 0 Å². The summed E-state index contributed by atoms with van der Waals surface area (Å²) >= 11 is 0. The number of esters is 3. The van der Waals surface area contributed by atoms with Crippen molar-refractivity contribution in [3.05, 3.63) is 0 Å². The molecule has 6 heteroatoms. The van der Waals surface area contributed by atoms with Crippen LogP contribution in [0.5, 0.6) is 0 Å². The van der Waals surface area contributed by atoms with Crippen LogP contribution in [0, 0.1) is 5.92 Å². The summed E-state index contributed by atoms with van der Waals surface area (Å²) in [4.78, 5) is 37.6. The first-order chi connectivity index (χ1) is 25.4. The van der Waals surface area contributed by atoms with E-state index >= 15 is 0 Å². The second-order valence-corrected chi connectivity index (χ2v) is 16.2. The fraction of sp³-hybridized carbons (Fsp3) is 0.935. The number of hydrogen-bond donors (Lipinski definition) is 0. The Balaban J connectivity index is 4.32. The maximum absolute atomic E-state index is 12.7. The van der Waals surface area contributed by atoms with E-state index < -0.39 is 6.10 Å². The first-order valence-corrected chi connectivity index (χ1v) is 22.9. The summed E-state index contributed by atoms with van der Waals surface area (Å²) in [5.74, 6) is -0.0945. The van der Waals surface area contributed by atoms with Gasteiger partial charge in [0.25, 0.3) is 0 Å². The van der Waals surface area contributed by atoms with Crippen LogP contribution in [0.25, 0.3) is 0 Å². The van der Waals surface area contributed by atoms with E-state index in [1.807, 2.05) is 0 Å². The van der Waals surface area contributed by atoms with Gasteiger partial charge in [0.15, 0.2) is 6.10 Å². The Labute approximate surface area is 323 Å². The van der Waals surface area contributed by atoms with E-state index in [4.69, 9.17) is 14.2 Å². The van der Waals surface area contributed by atoms with E-state index in [0.29, 0.717) is 19.3 Å². The minimum absolute atomic E-state index is 0.0644. The summed E-state index contributed by atoms with van der Waals surface area (Å²) in [6.07, 6.45) is 39.5. The zero-order valence-corrected chi connectivity index (χ0v) is 35.3. The van der Waals surface area contributed by atoms with Gasteiger partial charge in [-0.05, 0) is 25.2 Å². The number of ether oxygens (including phenoxy) is 3. The van der Waals surface area contributed by atoms with Crippen LogP contribution in [0.3, 0.4) is 0 Å². The smallest absolute Gasteiger partial charge is 0.306 e. The van der Waals surface area contributed by atoms with Crippen molar-refractivity contribution in [1.82, 2.24) is 0 Å². The van der Waals surface area contributed by atoms with Crippen LogP contribution in [0.15, 0.2) is 0 Å². The zero-order valence-electron chi connectivity index (χ0n) is 35.3. The van der Waals surface area contributed by atoms with Crippen molar-refractivity contribution < 1.29 is 28.6 Å². The lowest BCUT2D eigenvalue weighted by atomic mass is 10.0. The molecule has 0 radical (unpaired) electrons. The van der Waals surface area contributed by atoms with Gasteiger partial charge in [-0.25, -0.2) is 0 Å². The second-order valence-electron chi connectivity index (χ2n) is 16.2. The normalized spacial score (nSPS) is 11.9. The molecule has 0 aliphatic rings. The van der Waals surface area contributed by atoms with Crippen LogP contribution in [-0.4, -0.2) is 37.2 Å². The fourth-order valence-electron chi connectivity index (χ4n) is 6.80. The van der Waals surface area contributed by atoms with Crippen molar-refractivity contribution in [3.63, 3.8) is 0 Å². The SMILES string of the molecule is CCCCCCCCCCCCCCCC(=O)O[C@@H](COC(=O)CCCCCCCCCCCCCC)COC(=O)CCCCCCCCC(C)C. The standard InChI is InChI=1S/C46H88O6/c1-5-7-9-11-13-15-17-19-21-23-25-31-35-39-46(49)52-43(41-51-45(48)38-34-30-27-26-28-32-36-42(3)4)40-50-44(47)37-33-29-24-22-20-18-16-14-12-10-8-6-2/h42-43H,5-41H2,1-4H3/t43-/m0/s1. The minimum Gasteiger partial charge on any atom is -0.462 e. The molecule has 1 atom stereocenters. The van der Waals surface area contributed by atoms with Crippen molar-refractivity contribution in [1.29, 1.82) is 0 Å². The molecule has 52 heavy (non-hydrogen) atoms. The highest BCUT2D eigenvalue weighted by Crippen LogP contribution is 2.16. The van der Waals surface area contributed by atoms with E-state index in [1.54, 1.807) is 0 Å². The fourth-order valence-corrected chi connectivity index (χ4v) is 6.80. The lowest BCUT2D eigenvalue weighted by Gasteiger charge is -2.18. The van der Waals surface area contributed by atoms with Gasteiger partial charge in [-0.1, -0.05) is 214 Å². The van der Waals surface area contributed by atoms with Crippen LogP contribution in [0.1, 0.15) is 252 Å². The molecule has 0 aliphatic carbocycles. The Morgan fingerprint density at radius 2 is 0.635 bits per heavy atom.